The van der Waals surface area contributed by atoms with Crippen LogP contribution in [-0.2, 0) is 17.1 Å². The van der Waals surface area contributed by atoms with Gasteiger partial charge in [-0.15, -0.1) is 0 Å². The number of nitrogens with zero attached hydrogens (tertiary/aromatic N) is 1. The van der Waals surface area contributed by atoms with Crippen molar-refractivity contribution in [1.82, 2.24) is 4.57 Å². The van der Waals surface area contributed by atoms with Gasteiger partial charge in [0.1, 0.15) is 5.69 Å². The van der Waals surface area contributed by atoms with E-state index in [0.717, 1.165) is 12.1 Å². The normalized spacial score (nSPS) is 11.3. The van der Waals surface area contributed by atoms with Crippen LogP contribution in [-0.4, -0.2) is 45.4 Å². The fourth-order valence-corrected chi connectivity index (χ4v) is 4.00. The smallest absolute Gasteiger partial charge is 0.419 e. The summed E-state index contributed by atoms with van der Waals surface area (Å²) < 4.78 is 49.9. The molecular weight excluding hydrogens is 420 g/mol. The zero-order valence-corrected chi connectivity index (χ0v) is 17.2. The van der Waals surface area contributed by atoms with Gasteiger partial charge in [0.2, 0.25) is 5.75 Å². The van der Waals surface area contributed by atoms with Gasteiger partial charge in [0.05, 0.1) is 37.3 Å². The van der Waals surface area contributed by atoms with Gasteiger partial charge in [-0.1, -0.05) is 0 Å². The monoisotopic (exact) mass is 438 g/mol. The third-order valence-corrected chi connectivity index (χ3v) is 5.72. The molecule has 0 unspecified atom stereocenters. The molecule has 0 spiro atoms. The first kappa shape index (κ1) is 21.0. The molecule has 0 atom stereocenters. The highest BCUT2D eigenvalue weighted by Gasteiger charge is 2.28. The van der Waals surface area contributed by atoms with Gasteiger partial charge in [-0.25, -0.2) is 18.0 Å². The molecule has 2 aromatic carbocycles. The highest BCUT2D eigenvalue weighted by atomic mass is 32.2. The first-order chi connectivity index (χ1) is 14.1. The Kier molecular flexibility index (Phi) is 5.35. The fraction of sp³-hybridized carbons (Fsp3) is 0.222. The third-order valence-electron chi connectivity index (χ3n) is 4.37. The van der Waals surface area contributed by atoms with Crippen LogP contribution in [0.2, 0.25) is 0 Å². The van der Waals surface area contributed by atoms with E-state index in [1.165, 1.54) is 45.1 Å². The van der Waals surface area contributed by atoms with Crippen molar-refractivity contribution >= 4 is 32.8 Å². The van der Waals surface area contributed by atoms with Gasteiger partial charge < -0.3 is 23.7 Å². The number of carboxylic acids is 1. The molecule has 0 radical (unpaired) electrons. The van der Waals surface area contributed by atoms with Gasteiger partial charge >= 0.3 is 11.7 Å². The molecule has 12 heteroatoms. The van der Waals surface area contributed by atoms with Crippen molar-refractivity contribution in [2.24, 2.45) is 7.05 Å². The number of fused-ring (bicyclic) bond motifs is 1. The second-order valence-corrected chi connectivity index (χ2v) is 7.72. The SMILES string of the molecule is COc1cc(C(=O)O)c(NS(=O)(=O)c2ccc3c(c2)oc(=O)n3C)c(OC)c1OC. The van der Waals surface area contributed by atoms with E-state index in [-0.39, 0.29) is 33.4 Å². The third kappa shape index (κ3) is 3.41. The lowest BCUT2D eigenvalue weighted by Crippen LogP contribution is -2.17. The lowest BCUT2D eigenvalue weighted by atomic mass is 10.1. The van der Waals surface area contributed by atoms with Crippen molar-refractivity contribution < 1.29 is 36.9 Å². The second kappa shape index (κ2) is 7.63. The van der Waals surface area contributed by atoms with Crippen molar-refractivity contribution in [2.75, 3.05) is 26.1 Å². The molecule has 0 fully saturated rings. The Labute approximate surface area is 170 Å². The minimum absolute atomic E-state index is 0.00667. The standard InChI is InChI=1S/C18H18N2O9S/c1-20-11-6-5-9(7-12(11)29-18(20)23)30(24,25)19-14-10(17(21)22)8-13(26-2)15(27-3)16(14)28-4/h5-8,19H,1-4H3,(H,21,22). The number of hydrogen-bond donors (Lipinski definition) is 2. The summed E-state index contributed by atoms with van der Waals surface area (Å²) in [5.41, 5.74) is -0.311. The zero-order chi connectivity index (χ0) is 22.2. The van der Waals surface area contributed by atoms with Gasteiger partial charge in [0.25, 0.3) is 10.0 Å². The maximum absolute atomic E-state index is 13.0. The Bertz CT molecular complexity index is 1310. The number of aromatic carboxylic acids is 1. The molecule has 0 saturated heterocycles. The molecule has 0 aliphatic heterocycles. The molecule has 1 heterocycles. The Balaban J connectivity index is 2.19. The molecule has 0 saturated carbocycles. The number of methoxy groups -OCH3 is 3. The van der Waals surface area contributed by atoms with Gasteiger partial charge in [0, 0.05) is 19.2 Å². The molecule has 0 aliphatic rings. The van der Waals surface area contributed by atoms with Crippen LogP contribution in [0.5, 0.6) is 17.2 Å². The number of carboxylic acid groups (broad SMARTS) is 1. The Morgan fingerprint density at radius 3 is 2.33 bits per heavy atom. The average molecular weight is 438 g/mol. The van der Waals surface area contributed by atoms with E-state index in [1.807, 2.05) is 0 Å². The van der Waals surface area contributed by atoms with Crippen LogP contribution in [0.3, 0.4) is 0 Å². The maximum Gasteiger partial charge on any atom is 0.419 e. The van der Waals surface area contributed by atoms with E-state index in [1.54, 1.807) is 0 Å². The lowest BCUT2D eigenvalue weighted by molar-refractivity contribution is 0.0697. The van der Waals surface area contributed by atoms with E-state index in [9.17, 15) is 23.1 Å². The molecule has 3 rings (SSSR count). The Morgan fingerprint density at radius 1 is 1.10 bits per heavy atom. The summed E-state index contributed by atoms with van der Waals surface area (Å²) in [5, 5.41) is 9.57. The van der Waals surface area contributed by atoms with Crippen molar-refractivity contribution in [3.8, 4) is 17.2 Å². The number of anilines is 1. The van der Waals surface area contributed by atoms with Crippen LogP contribution in [0.15, 0.2) is 38.4 Å². The average Bonchev–Trinajstić information content (AvgIpc) is 2.99. The van der Waals surface area contributed by atoms with Crippen molar-refractivity contribution in [3.63, 3.8) is 0 Å². The maximum atomic E-state index is 13.0. The first-order valence-corrected chi connectivity index (χ1v) is 9.81. The van der Waals surface area contributed by atoms with Gasteiger partial charge in [-0.2, -0.15) is 0 Å². The second-order valence-electron chi connectivity index (χ2n) is 6.04. The van der Waals surface area contributed by atoms with E-state index < -0.39 is 27.3 Å². The highest BCUT2D eigenvalue weighted by Crippen LogP contribution is 2.46. The highest BCUT2D eigenvalue weighted by molar-refractivity contribution is 7.92. The molecule has 3 aromatic rings. The Hall–Kier alpha value is -3.67. The topological polar surface area (TPSA) is 146 Å². The summed E-state index contributed by atoms with van der Waals surface area (Å²) in [6.07, 6.45) is 0. The summed E-state index contributed by atoms with van der Waals surface area (Å²) in [5.74, 6) is -2.20. The summed E-state index contributed by atoms with van der Waals surface area (Å²) in [7, 11) is 1.00. The lowest BCUT2D eigenvalue weighted by Gasteiger charge is -2.19. The molecule has 11 nitrogen and oxygen atoms in total. The van der Waals surface area contributed by atoms with Crippen LogP contribution in [0.4, 0.5) is 5.69 Å². The van der Waals surface area contributed by atoms with Crippen LogP contribution < -0.4 is 24.7 Å². The molecule has 0 amide bonds. The molecule has 30 heavy (non-hydrogen) atoms. The van der Waals surface area contributed by atoms with Gasteiger partial charge in [-0.05, 0) is 12.1 Å². The van der Waals surface area contributed by atoms with Crippen LogP contribution in [0, 0.1) is 0 Å². The zero-order valence-electron chi connectivity index (χ0n) is 16.4. The number of nitrogens with one attached hydrogen (secondary N) is 1. The molecule has 1 aromatic heterocycles. The van der Waals surface area contributed by atoms with Crippen molar-refractivity contribution in [1.29, 1.82) is 0 Å². The molecule has 0 aliphatic carbocycles. The summed E-state index contributed by atoms with van der Waals surface area (Å²) in [4.78, 5) is 23.2. The molecule has 2 N–H and O–H groups in total. The summed E-state index contributed by atoms with van der Waals surface area (Å²) >= 11 is 0. The largest absolute Gasteiger partial charge is 0.493 e. The minimum atomic E-state index is -4.30. The minimum Gasteiger partial charge on any atom is -0.493 e. The number of oxazole rings is 1. The number of benzene rings is 2. The predicted octanol–water partition coefficient (Wildman–Crippen LogP) is 1.66. The molecule has 160 valence electrons. The first-order valence-electron chi connectivity index (χ1n) is 8.33. The Morgan fingerprint density at radius 2 is 1.77 bits per heavy atom. The number of ether oxygens (including phenoxy) is 3. The number of carbonyl (C=O) groups is 1. The number of rotatable bonds is 7. The summed E-state index contributed by atoms with van der Waals surface area (Å²) in [6.45, 7) is 0. The number of aryl methyl sites for hydroxylation is 1. The molecule has 0 bridgehead atoms. The van der Waals surface area contributed by atoms with Crippen LogP contribution >= 0.6 is 0 Å². The summed E-state index contributed by atoms with van der Waals surface area (Å²) in [6, 6.07) is 4.93. The van der Waals surface area contributed by atoms with E-state index in [2.05, 4.69) is 4.72 Å². The van der Waals surface area contributed by atoms with E-state index >= 15 is 0 Å². The van der Waals surface area contributed by atoms with Crippen molar-refractivity contribution in [3.05, 3.63) is 40.4 Å². The quantitative estimate of drug-likeness (QED) is 0.562. The van der Waals surface area contributed by atoms with Gasteiger partial charge in [0.15, 0.2) is 17.1 Å². The molecular formula is C18H18N2O9S. The van der Waals surface area contributed by atoms with E-state index in [4.69, 9.17) is 18.6 Å². The van der Waals surface area contributed by atoms with Crippen LogP contribution in [0.25, 0.3) is 11.1 Å². The fourth-order valence-electron chi connectivity index (χ4n) is 2.90. The van der Waals surface area contributed by atoms with Crippen molar-refractivity contribution in [2.45, 2.75) is 4.90 Å². The van der Waals surface area contributed by atoms with Crippen LogP contribution in [0.1, 0.15) is 10.4 Å². The van der Waals surface area contributed by atoms with E-state index in [0.29, 0.717) is 5.52 Å². The predicted molar refractivity (Wildman–Crippen MR) is 105 cm³/mol. The number of hydrogen-bond acceptors (Lipinski definition) is 8. The number of sulfonamides is 1. The number of aromatic nitrogens is 1. The van der Waals surface area contributed by atoms with Gasteiger partial charge in [-0.3, -0.25) is 9.29 Å².